The SMILES string of the molecule is COC(=O)N1CCCCCO1. The van der Waals surface area contributed by atoms with Gasteiger partial charge in [0, 0.05) is 0 Å². The maximum absolute atomic E-state index is 10.9. The minimum atomic E-state index is -0.396. The van der Waals surface area contributed by atoms with E-state index in [9.17, 15) is 4.79 Å². The largest absolute Gasteiger partial charge is 0.451 e. The second-order valence-electron chi connectivity index (χ2n) is 2.47. The van der Waals surface area contributed by atoms with Crippen LogP contribution in [0, 0.1) is 0 Å². The number of hydroxylamine groups is 2. The van der Waals surface area contributed by atoms with Gasteiger partial charge in [-0.2, -0.15) is 5.06 Å². The normalized spacial score (nSPS) is 19.2. The summed E-state index contributed by atoms with van der Waals surface area (Å²) in [6.07, 6.45) is 2.74. The Balaban J connectivity index is 2.36. The lowest BCUT2D eigenvalue weighted by molar-refractivity contribution is -0.126. The molecular formula is C7H13NO3. The molecule has 1 aliphatic rings. The summed E-state index contributed by atoms with van der Waals surface area (Å²) in [6.45, 7) is 1.27. The van der Waals surface area contributed by atoms with E-state index in [0.717, 1.165) is 19.3 Å². The van der Waals surface area contributed by atoms with E-state index in [4.69, 9.17) is 4.84 Å². The number of rotatable bonds is 0. The summed E-state index contributed by atoms with van der Waals surface area (Å²) in [7, 11) is 1.36. The van der Waals surface area contributed by atoms with Crippen molar-refractivity contribution in [3.63, 3.8) is 0 Å². The van der Waals surface area contributed by atoms with Crippen LogP contribution in [-0.2, 0) is 9.57 Å². The first-order valence-electron chi connectivity index (χ1n) is 3.83. The average Bonchev–Trinajstić information content (AvgIpc) is 2.30. The molecule has 11 heavy (non-hydrogen) atoms. The molecule has 0 aromatic rings. The number of ether oxygens (including phenoxy) is 1. The Kier molecular flexibility index (Phi) is 3.16. The maximum atomic E-state index is 10.9. The Bertz CT molecular complexity index is 130. The Morgan fingerprint density at radius 3 is 3.00 bits per heavy atom. The van der Waals surface area contributed by atoms with Gasteiger partial charge in [0.25, 0.3) is 0 Å². The Morgan fingerprint density at radius 1 is 1.45 bits per heavy atom. The molecule has 0 aromatic carbocycles. The lowest BCUT2D eigenvalue weighted by Crippen LogP contribution is -2.30. The molecule has 4 nitrogen and oxygen atoms in total. The third-order valence-electron chi connectivity index (χ3n) is 1.63. The molecule has 64 valence electrons. The van der Waals surface area contributed by atoms with Crippen molar-refractivity contribution in [3.8, 4) is 0 Å². The third-order valence-corrected chi connectivity index (χ3v) is 1.63. The van der Waals surface area contributed by atoms with Crippen LogP contribution in [0.5, 0.6) is 0 Å². The van der Waals surface area contributed by atoms with Crippen molar-refractivity contribution in [1.29, 1.82) is 0 Å². The summed E-state index contributed by atoms with van der Waals surface area (Å²) < 4.78 is 4.51. The molecule has 1 amide bonds. The first kappa shape index (κ1) is 8.33. The summed E-state index contributed by atoms with van der Waals surface area (Å²) in [5.74, 6) is 0. The highest BCUT2D eigenvalue weighted by Crippen LogP contribution is 2.07. The van der Waals surface area contributed by atoms with Gasteiger partial charge in [-0.05, 0) is 19.3 Å². The molecule has 0 N–H and O–H groups in total. The summed E-state index contributed by atoms with van der Waals surface area (Å²) in [5.41, 5.74) is 0. The maximum Gasteiger partial charge on any atom is 0.433 e. The number of nitrogens with zero attached hydrogens (tertiary/aromatic N) is 1. The molecule has 0 aromatic heterocycles. The molecule has 0 aliphatic carbocycles. The van der Waals surface area contributed by atoms with Crippen LogP contribution in [0.3, 0.4) is 0 Å². The third kappa shape index (κ3) is 2.38. The van der Waals surface area contributed by atoms with Crippen molar-refractivity contribution < 1.29 is 14.4 Å². The molecular weight excluding hydrogens is 146 g/mol. The molecule has 0 spiro atoms. The van der Waals surface area contributed by atoms with Gasteiger partial charge >= 0.3 is 6.09 Å². The number of amides is 1. The topological polar surface area (TPSA) is 38.8 Å². The monoisotopic (exact) mass is 159 g/mol. The van der Waals surface area contributed by atoms with Gasteiger partial charge in [0.05, 0.1) is 20.3 Å². The van der Waals surface area contributed by atoms with Crippen LogP contribution in [0.25, 0.3) is 0 Å². The van der Waals surface area contributed by atoms with Gasteiger partial charge in [0.15, 0.2) is 0 Å². The van der Waals surface area contributed by atoms with Crippen LogP contribution in [0.2, 0.25) is 0 Å². The second kappa shape index (κ2) is 4.18. The van der Waals surface area contributed by atoms with Gasteiger partial charge in [0.1, 0.15) is 0 Å². The number of hydrogen-bond acceptors (Lipinski definition) is 3. The van der Waals surface area contributed by atoms with Crippen molar-refractivity contribution in [1.82, 2.24) is 5.06 Å². The fourth-order valence-corrected chi connectivity index (χ4v) is 1.02. The summed E-state index contributed by atoms with van der Waals surface area (Å²) in [5, 5.41) is 1.28. The van der Waals surface area contributed by atoms with Crippen LogP contribution < -0.4 is 0 Å². The van der Waals surface area contributed by atoms with Gasteiger partial charge in [-0.15, -0.1) is 0 Å². The van der Waals surface area contributed by atoms with E-state index in [2.05, 4.69) is 4.74 Å². The fraction of sp³-hybridized carbons (Fsp3) is 0.857. The summed E-state index contributed by atoms with van der Waals surface area (Å²) in [6, 6.07) is 0. The predicted octanol–water partition coefficient (Wildman–Crippen LogP) is 1.17. The molecule has 1 heterocycles. The first-order valence-corrected chi connectivity index (χ1v) is 3.83. The van der Waals surface area contributed by atoms with E-state index >= 15 is 0 Å². The van der Waals surface area contributed by atoms with Crippen LogP contribution >= 0.6 is 0 Å². The summed E-state index contributed by atoms with van der Waals surface area (Å²) >= 11 is 0. The van der Waals surface area contributed by atoms with Crippen molar-refractivity contribution in [2.24, 2.45) is 0 Å². The van der Waals surface area contributed by atoms with Gasteiger partial charge in [-0.25, -0.2) is 4.79 Å². The van der Waals surface area contributed by atoms with Crippen LogP contribution in [0.15, 0.2) is 0 Å². The van der Waals surface area contributed by atoms with E-state index in [1.807, 2.05) is 0 Å². The molecule has 0 bridgehead atoms. The molecule has 1 fully saturated rings. The van der Waals surface area contributed by atoms with Crippen LogP contribution in [-0.4, -0.2) is 31.4 Å². The zero-order chi connectivity index (χ0) is 8.10. The standard InChI is InChI=1S/C7H13NO3/c1-10-7(9)8-5-3-2-4-6-11-8/h2-6H2,1H3. The van der Waals surface area contributed by atoms with Gasteiger partial charge in [-0.3, -0.25) is 4.84 Å². The van der Waals surface area contributed by atoms with Gasteiger partial charge < -0.3 is 4.74 Å². The Labute approximate surface area is 66.0 Å². The van der Waals surface area contributed by atoms with Crippen molar-refractivity contribution in [2.75, 3.05) is 20.3 Å². The van der Waals surface area contributed by atoms with Gasteiger partial charge in [-0.1, -0.05) is 0 Å². The zero-order valence-electron chi connectivity index (χ0n) is 6.71. The first-order chi connectivity index (χ1) is 5.34. The number of methoxy groups -OCH3 is 1. The highest BCUT2D eigenvalue weighted by atomic mass is 16.7. The summed E-state index contributed by atoms with van der Waals surface area (Å²) in [4.78, 5) is 16.0. The molecule has 0 saturated carbocycles. The number of hydrogen-bond donors (Lipinski definition) is 0. The fourth-order valence-electron chi connectivity index (χ4n) is 1.02. The Morgan fingerprint density at radius 2 is 2.27 bits per heavy atom. The molecule has 4 heteroatoms. The quantitative estimate of drug-likeness (QED) is 0.532. The van der Waals surface area contributed by atoms with Gasteiger partial charge in [0.2, 0.25) is 0 Å². The molecule has 0 atom stereocenters. The average molecular weight is 159 g/mol. The number of carbonyl (C=O) groups excluding carboxylic acids is 1. The molecule has 0 radical (unpaired) electrons. The number of carbonyl (C=O) groups is 1. The highest BCUT2D eigenvalue weighted by Gasteiger charge is 2.15. The second-order valence-corrected chi connectivity index (χ2v) is 2.47. The lowest BCUT2D eigenvalue weighted by Gasteiger charge is -2.16. The van der Waals surface area contributed by atoms with E-state index in [0.29, 0.717) is 13.2 Å². The van der Waals surface area contributed by atoms with E-state index in [1.54, 1.807) is 0 Å². The Hall–Kier alpha value is -0.770. The predicted molar refractivity (Wildman–Crippen MR) is 38.9 cm³/mol. The van der Waals surface area contributed by atoms with E-state index in [-0.39, 0.29) is 0 Å². The van der Waals surface area contributed by atoms with E-state index < -0.39 is 6.09 Å². The minimum Gasteiger partial charge on any atom is -0.451 e. The minimum absolute atomic E-state index is 0.396. The zero-order valence-corrected chi connectivity index (χ0v) is 6.71. The molecule has 1 rings (SSSR count). The van der Waals surface area contributed by atoms with Crippen molar-refractivity contribution in [2.45, 2.75) is 19.3 Å². The van der Waals surface area contributed by atoms with Crippen LogP contribution in [0.4, 0.5) is 4.79 Å². The highest BCUT2D eigenvalue weighted by molar-refractivity contribution is 5.65. The van der Waals surface area contributed by atoms with E-state index in [1.165, 1.54) is 12.2 Å². The lowest BCUT2D eigenvalue weighted by atomic mass is 10.2. The molecule has 1 aliphatic heterocycles. The molecule has 0 unspecified atom stereocenters. The van der Waals surface area contributed by atoms with Crippen molar-refractivity contribution in [3.05, 3.63) is 0 Å². The van der Waals surface area contributed by atoms with Crippen LogP contribution in [0.1, 0.15) is 19.3 Å². The smallest absolute Gasteiger partial charge is 0.433 e. The molecule has 1 saturated heterocycles. The van der Waals surface area contributed by atoms with Crippen molar-refractivity contribution >= 4 is 6.09 Å².